The van der Waals surface area contributed by atoms with Gasteiger partial charge < -0.3 is 14.4 Å². The predicted octanol–water partition coefficient (Wildman–Crippen LogP) is 2.77. The number of aryl methyl sites for hydroxylation is 1. The average molecular weight is 299 g/mol. The second-order valence-corrected chi connectivity index (χ2v) is 7.94. The Morgan fingerprint density at radius 1 is 1.40 bits per heavy atom. The van der Waals surface area contributed by atoms with Gasteiger partial charge in [-0.15, -0.1) is 4.72 Å². The van der Waals surface area contributed by atoms with Gasteiger partial charge in [0.25, 0.3) is 0 Å². The van der Waals surface area contributed by atoms with Crippen LogP contribution in [0.3, 0.4) is 0 Å². The number of benzene rings is 1. The lowest BCUT2D eigenvalue weighted by Gasteiger charge is -2.26. The van der Waals surface area contributed by atoms with Crippen LogP contribution in [0.15, 0.2) is 18.2 Å². The fourth-order valence-electron chi connectivity index (χ4n) is 1.68. The fourth-order valence-corrected chi connectivity index (χ4v) is 2.52. The van der Waals surface area contributed by atoms with Gasteiger partial charge in [0, 0.05) is 11.4 Å². The van der Waals surface area contributed by atoms with E-state index in [1.165, 1.54) is 7.11 Å². The minimum atomic E-state index is -1.05. The van der Waals surface area contributed by atoms with Crippen LogP contribution in [0.25, 0.3) is 0 Å². The molecule has 20 heavy (non-hydrogen) atoms. The maximum atomic E-state index is 12.0. The number of phenols is 1. The molecule has 1 aromatic carbocycles. The minimum Gasteiger partial charge on any atom is -0.598 e. The summed E-state index contributed by atoms with van der Waals surface area (Å²) in [5, 5.41) is 9.54. The summed E-state index contributed by atoms with van der Waals surface area (Å²) in [6, 6.07) is 5.52. The Labute approximate surface area is 124 Å². The third-order valence-corrected chi connectivity index (χ3v) is 4.70. The topological polar surface area (TPSA) is 64.5 Å². The van der Waals surface area contributed by atoms with Gasteiger partial charge in [-0.3, -0.25) is 0 Å². The van der Waals surface area contributed by atoms with Crippen molar-refractivity contribution in [1.82, 2.24) is 4.72 Å². The Balaban J connectivity index is 2.51. The Morgan fingerprint density at radius 2 is 2.05 bits per heavy atom. The van der Waals surface area contributed by atoms with E-state index in [1.54, 1.807) is 6.07 Å². The van der Waals surface area contributed by atoms with Gasteiger partial charge in [0.05, 0.1) is 13.2 Å². The van der Waals surface area contributed by atoms with E-state index >= 15 is 0 Å². The van der Waals surface area contributed by atoms with Crippen LogP contribution < -0.4 is 9.46 Å². The van der Waals surface area contributed by atoms with E-state index in [4.69, 9.17) is 4.74 Å². The van der Waals surface area contributed by atoms with Crippen LogP contribution in [0.1, 0.15) is 39.7 Å². The molecule has 0 aliphatic carbocycles. The molecule has 0 radical (unpaired) electrons. The van der Waals surface area contributed by atoms with Crippen LogP contribution in [0, 0.1) is 0 Å². The summed E-state index contributed by atoms with van der Waals surface area (Å²) in [4.78, 5) is 0. The second kappa shape index (κ2) is 7.20. The number of ether oxygens (including phenoxy) is 1. The second-order valence-electron chi connectivity index (χ2n) is 5.94. The van der Waals surface area contributed by atoms with Gasteiger partial charge in [-0.05, 0) is 58.2 Å². The maximum absolute atomic E-state index is 12.0. The van der Waals surface area contributed by atoms with Gasteiger partial charge in [-0.25, -0.2) is 0 Å². The standard InChI is InChI=1S/C15H25NO3S/c1-11(16-20(18)15(2,3)4)6-7-12-8-9-13(17)14(10-12)19-5/h8-11,16-17H,6-7H2,1-5H3. The SMILES string of the molecule is COc1cc(CCC(C)N[S+]([O-])C(C)(C)C)ccc1O. The van der Waals surface area contributed by atoms with E-state index in [9.17, 15) is 9.66 Å². The van der Waals surface area contributed by atoms with E-state index in [0.29, 0.717) is 5.75 Å². The lowest BCUT2D eigenvalue weighted by atomic mass is 10.1. The number of nitrogens with one attached hydrogen (secondary N) is 1. The van der Waals surface area contributed by atoms with Gasteiger partial charge in [0.1, 0.15) is 4.75 Å². The molecule has 0 heterocycles. The third kappa shape index (κ3) is 5.23. The molecule has 0 bridgehead atoms. The van der Waals surface area contributed by atoms with Crippen molar-refractivity contribution in [1.29, 1.82) is 0 Å². The van der Waals surface area contributed by atoms with Crippen LogP contribution in [0.2, 0.25) is 0 Å². The highest BCUT2D eigenvalue weighted by atomic mass is 32.2. The van der Waals surface area contributed by atoms with Crippen LogP contribution in [0.4, 0.5) is 0 Å². The van der Waals surface area contributed by atoms with Gasteiger partial charge in [0.15, 0.2) is 11.5 Å². The van der Waals surface area contributed by atoms with E-state index in [2.05, 4.69) is 4.72 Å². The molecule has 2 N–H and O–H groups in total. The summed E-state index contributed by atoms with van der Waals surface area (Å²) in [7, 11) is 1.54. The highest BCUT2D eigenvalue weighted by Gasteiger charge is 2.27. The molecule has 1 aromatic rings. The predicted molar refractivity (Wildman–Crippen MR) is 83.5 cm³/mol. The monoisotopic (exact) mass is 299 g/mol. The first-order valence-corrected chi connectivity index (χ1v) is 7.93. The number of rotatable bonds is 6. The molecule has 0 aliphatic rings. The Morgan fingerprint density at radius 3 is 2.60 bits per heavy atom. The smallest absolute Gasteiger partial charge is 0.160 e. The molecule has 1 rings (SSSR count). The van der Waals surface area contributed by atoms with Gasteiger partial charge in [-0.1, -0.05) is 6.07 Å². The Kier molecular flexibility index (Phi) is 6.17. The van der Waals surface area contributed by atoms with Crippen LogP contribution in [-0.2, 0) is 17.8 Å². The molecule has 0 aliphatic heterocycles. The zero-order valence-corrected chi connectivity index (χ0v) is 13.7. The van der Waals surface area contributed by atoms with Crippen LogP contribution in [0.5, 0.6) is 11.5 Å². The largest absolute Gasteiger partial charge is 0.598 e. The summed E-state index contributed by atoms with van der Waals surface area (Å²) < 4.78 is 19.9. The summed E-state index contributed by atoms with van der Waals surface area (Å²) in [6.45, 7) is 7.89. The molecule has 0 aromatic heterocycles. The van der Waals surface area contributed by atoms with Crippen LogP contribution in [-0.4, -0.2) is 27.6 Å². The highest BCUT2D eigenvalue weighted by molar-refractivity contribution is 7.90. The molecular formula is C15H25NO3S. The first-order valence-electron chi connectivity index (χ1n) is 6.78. The lowest BCUT2D eigenvalue weighted by Crippen LogP contribution is -2.43. The molecular weight excluding hydrogens is 274 g/mol. The molecule has 2 atom stereocenters. The summed E-state index contributed by atoms with van der Waals surface area (Å²) in [5.41, 5.74) is 1.09. The zero-order valence-electron chi connectivity index (χ0n) is 12.9. The first kappa shape index (κ1) is 17.1. The minimum absolute atomic E-state index is 0.149. The number of hydrogen-bond acceptors (Lipinski definition) is 4. The van der Waals surface area contributed by atoms with Gasteiger partial charge >= 0.3 is 0 Å². The molecule has 2 unspecified atom stereocenters. The lowest BCUT2D eigenvalue weighted by molar-refractivity contribution is 0.373. The molecule has 0 saturated carbocycles. The number of phenolic OH excluding ortho intramolecular Hbond substituents is 1. The van der Waals surface area contributed by atoms with Crippen molar-refractivity contribution in [3.8, 4) is 11.5 Å². The first-order chi connectivity index (χ1) is 9.24. The van der Waals surface area contributed by atoms with E-state index < -0.39 is 11.4 Å². The maximum Gasteiger partial charge on any atom is 0.160 e. The quantitative estimate of drug-likeness (QED) is 0.793. The van der Waals surface area contributed by atoms with E-state index in [1.807, 2.05) is 39.8 Å². The van der Waals surface area contributed by atoms with Crippen molar-refractivity contribution in [2.45, 2.75) is 51.3 Å². The average Bonchev–Trinajstić information content (AvgIpc) is 2.36. The van der Waals surface area contributed by atoms with Gasteiger partial charge in [0.2, 0.25) is 0 Å². The van der Waals surface area contributed by atoms with Crippen molar-refractivity contribution in [2.75, 3.05) is 7.11 Å². The van der Waals surface area contributed by atoms with Crippen LogP contribution >= 0.6 is 0 Å². The molecule has 4 nitrogen and oxygen atoms in total. The summed E-state index contributed by atoms with van der Waals surface area (Å²) in [5.74, 6) is 0.637. The van der Waals surface area contributed by atoms with E-state index in [-0.39, 0.29) is 16.5 Å². The summed E-state index contributed by atoms with van der Waals surface area (Å²) in [6.07, 6.45) is 1.71. The van der Waals surface area contributed by atoms with Crippen molar-refractivity contribution < 1.29 is 14.4 Å². The Hall–Kier alpha value is -0.910. The zero-order chi connectivity index (χ0) is 15.3. The molecule has 114 valence electrons. The normalized spacial score (nSPS) is 14.9. The third-order valence-electron chi connectivity index (χ3n) is 2.97. The van der Waals surface area contributed by atoms with Crippen molar-refractivity contribution in [3.05, 3.63) is 23.8 Å². The highest BCUT2D eigenvalue weighted by Crippen LogP contribution is 2.27. The van der Waals surface area contributed by atoms with Crippen molar-refractivity contribution in [3.63, 3.8) is 0 Å². The molecule has 0 saturated heterocycles. The summed E-state index contributed by atoms with van der Waals surface area (Å²) >= 11 is -1.05. The molecule has 0 spiro atoms. The fraction of sp³-hybridized carbons (Fsp3) is 0.600. The molecule has 0 fully saturated rings. The Bertz CT molecular complexity index is 432. The number of aromatic hydroxyl groups is 1. The number of hydrogen-bond donors (Lipinski definition) is 2. The van der Waals surface area contributed by atoms with E-state index in [0.717, 1.165) is 18.4 Å². The molecule has 5 heteroatoms. The van der Waals surface area contributed by atoms with Crippen molar-refractivity contribution >= 4 is 11.4 Å². The van der Waals surface area contributed by atoms with Gasteiger partial charge in [-0.2, -0.15) is 0 Å². The van der Waals surface area contributed by atoms with Crippen molar-refractivity contribution in [2.24, 2.45) is 0 Å². The number of methoxy groups -OCH3 is 1. The molecule has 0 amide bonds.